The van der Waals surface area contributed by atoms with Crippen molar-refractivity contribution in [2.75, 3.05) is 32.7 Å². The summed E-state index contributed by atoms with van der Waals surface area (Å²) in [7, 11) is -3.31. The molecule has 0 aromatic rings. The van der Waals surface area contributed by atoms with E-state index in [2.05, 4.69) is 23.5 Å². The Morgan fingerprint density at radius 2 is 1.68 bits per heavy atom. The van der Waals surface area contributed by atoms with Gasteiger partial charge in [0.15, 0.2) is 0 Å². The largest absolute Gasteiger partial charge is 0.373 e. The molecule has 2 rings (SSSR count). The van der Waals surface area contributed by atoms with Crippen LogP contribution in [0.5, 0.6) is 0 Å². The van der Waals surface area contributed by atoms with Crippen LogP contribution in [-0.4, -0.2) is 68.6 Å². The van der Waals surface area contributed by atoms with Crippen LogP contribution in [0.15, 0.2) is 0 Å². The van der Waals surface area contributed by atoms with Gasteiger partial charge in [-0.2, -0.15) is 17.4 Å². The van der Waals surface area contributed by atoms with E-state index in [1.807, 2.05) is 13.8 Å². The van der Waals surface area contributed by atoms with Gasteiger partial charge in [0.25, 0.3) is 10.2 Å². The topological polar surface area (TPSA) is 61.9 Å². The highest BCUT2D eigenvalue weighted by atomic mass is 32.2. The Balaban J connectivity index is 1.80. The molecule has 0 aromatic carbocycles. The van der Waals surface area contributed by atoms with Crippen LogP contribution in [0.4, 0.5) is 0 Å². The number of ether oxygens (including phenoxy) is 1. The summed E-state index contributed by atoms with van der Waals surface area (Å²) in [6.45, 7) is 12.2. The quantitative estimate of drug-likeness (QED) is 0.817. The number of hydrogen-bond acceptors (Lipinski definition) is 4. The lowest BCUT2D eigenvalue weighted by molar-refractivity contribution is -0.0726. The molecular formula is C15H31N3O3S. The number of piperidine rings is 1. The summed E-state index contributed by atoms with van der Waals surface area (Å²) in [6, 6.07) is -0.0564. The van der Waals surface area contributed by atoms with Gasteiger partial charge >= 0.3 is 0 Å². The number of rotatable bonds is 5. The normalized spacial score (nSPS) is 30.0. The van der Waals surface area contributed by atoms with Crippen LogP contribution in [0.2, 0.25) is 0 Å². The van der Waals surface area contributed by atoms with E-state index < -0.39 is 10.2 Å². The van der Waals surface area contributed by atoms with Crippen molar-refractivity contribution < 1.29 is 13.2 Å². The van der Waals surface area contributed by atoms with Crippen molar-refractivity contribution in [3.8, 4) is 0 Å². The van der Waals surface area contributed by atoms with E-state index in [9.17, 15) is 8.42 Å². The average molecular weight is 333 g/mol. The monoisotopic (exact) mass is 333 g/mol. The lowest BCUT2D eigenvalue weighted by Gasteiger charge is -2.39. The molecule has 2 atom stereocenters. The molecule has 6 nitrogen and oxygen atoms in total. The Hall–Kier alpha value is -0.210. The summed E-state index contributed by atoms with van der Waals surface area (Å²) >= 11 is 0. The maximum atomic E-state index is 12.2. The van der Waals surface area contributed by atoms with Crippen LogP contribution in [0.1, 0.15) is 40.5 Å². The van der Waals surface area contributed by atoms with Gasteiger partial charge in [-0.15, -0.1) is 0 Å². The summed E-state index contributed by atoms with van der Waals surface area (Å²) in [4.78, 5) is 2.47. The molecule has 1 N–H and O–H groups in total. The van der Waals surface area contributed by atoms with E-state index in [1.165, 1.54) is 0 Å². The first-order chi connectivity index (χ1) is 10.3. The fourth-order valence-electron chi connectivity index (χ4n) is 3.50. The van der Waals surface area contributed by atoms with Gasteiger partial charge in [0, 0.05) is 38.8 Å². The SMILES string of the molecule is CC(C)NS(=O)(=O)N1CCC(CN2CC(C)OC(C)C2)CC1. The fourth-order valence-corrected chi connectivity index (χ4v) is 4.94. The van der Waals surface area contributed by atoms with E-state index in [1.54, 1.807) is 4.31 Å². The molecule has 22 heavy (non-hydrogen) atoms. The highest BCUT2D eigenvalue weighted by Gasteiger charge is 2.30. The van der Waals surface area contributed by atoms with Gasteiger partial charge in [0.05, 0.1) is 12.2 Å². The van der Waals surface area contributed by atoms with Gasteiger partial charge in [0.1, 0.15) is 0 Å². The Kier molecular flexibility index (Phi) is 6.24. The third kappa shape index (κ3) is 5.16. The van der Waals surface area contributed by atoms with Crippen molar-refractivity contribution in [1.29, 1.82) is 0 Å². The smallest absolute Gasteiger partial charge is 0.279 e. The molecule has 0 saturated carbocycles. The highest BCUT2D eigenvalue weighted by Crippen LogP contribution is 2.22. The molecule has 2 aliphatic rings. The Bertz CT molecular complexity index is 437. The second kappa shape index (κ2) is 7.57. The molecule has 0 aliphatic carbocycles. The number of hydrogen-bond donors (Lipinski definition) is 1. The van der Waals surface area contributed by atoms with Crippen LogP contribution < -0.4 is 4.72 Å². The number of morpholine rings is 1. The van der Waals surface area contributed by atoms with E-state index in [-0.39, 0.29) is 6.04 Å². The van der Waals surface area contributed by atoms with Crippen molar-refractivity contribution in [3.05, 3.63) is 0 Å². The molecule has 2 fully saturated rings. The first-order valence-corrected chi connectivity index (χ1v) is 9.85. The molecule has 2 unspecified atom stereocenters. The Morgan fingerprint density at radius 1 is 1.14 bits per heavy atom. The molecule has 2 aliphatic heterocycles. The molecule has 0 amide bonds. The molecule has 2 heterocycles. The maximum absolute atomic E-state index is 12.2. The predicted molar refractivity (Wildman–Crippen MR) is 87.9 cm³/mol. The van der Waals surface area contributed by atoms with Gasteiger partial charge < -0.3 is 4.74 Å². The van der Waals surface area contributed by atoms with Crippen LogP contribution in [0.3, 0.4) is 0 Å². The first kappa shape index (κ1) is 18.1. The van der Waals surface area contributed by atoms with E-state index >= 15 is 0 Å². The molecule has 0 bridgehead atoms. The summed E-state index contributed by atoms with van der Waals surface area (Å²) in [6.07, 6.45) is 2.47. The Labute approximate surface area is 135 Å². The average Bonchev–Trinajstić information content (AvgIpc) is 2.36. The second-order valence-corrected chi connectivity index (χ2v) is 8.80. The molecule has 130 valence electrons. The molecule has 7 heteroatoms. The fraction of sp³-hybridized carbons (Fsp3) is 1.00. The third-order valence-corrected chi connectivity index (χ3v) is 6.12. The van der Waals surface area contributed by atoms with Crippen molar-refractivity contribution in [2.45, 2.75) is 58.8 Å². The molecule has 2 saturated heterocycles. The van der Waals surface area contributed by atoms with Crippen molar-refractivity contribution in [3.63, 3.8) is 0 Å². The van der Waals surface area contributed by atoms with Crippen molar-refractivity contribution in [2.24, 2.45) is 5.92 Å². The van der Waals surface area contributed by atoms with Gasteiger partial charge in [-0.3, -0.25) is 4.90 Å². The van der Waals surface area contributed by atoms with Crippen LogP contribution in [0, 0.1) is 5.92 Å². The van der Waals surface area contributed by atoms with Crippen LogP contribution in [-0.2, 0) is 14.9 Å². The van der Waals surface area contributed by atoms with Gasteiger partial charge in [-0.1, -0.05) is 0 Å². The third-order valence-electron chi connectivity index (χ3n) is 4.31. The summed E-state index contributed by atoms with van der Waals surface area (Å²) in [5, 5.41) is 0. The number of nitrogens with one attached hydrogen (secondary N) is 1. The van der Waals surface area contributed by atoms with Crippen LogP contribution >= 0.6 is 0 Å². The summed E-state index contributed by atoms with van der Waals surface area (Å²) in [5.41, 5.74) is 0. The highest BCUT2D eigenvalue weighted by molar-refractivity contribution is 7.87. The van der Waals surface area contributed by atoms with Crippen LogP contribution in [0.25, 0.3) is 0 Å². The van der Waals surface area contributed by atoms with Gasteiger partial charge in [-0.25, -0.2) is 0 Å². The lowest BCUT2D eigenvalue weighted by atomic mass is 9.97. The minimum absolute atomic E-state index is 0.0564. The lowest BCUT2D eigenvalue weighted by Crippen LogP contribution is -2.50. The zero-order chi connectivity index (χ0) is 16.3. The first-order valence-electron chi connectivity index (χ1n) is 8.41. The van der Waals surface area contributed by atoms with Crippen molar-refractivity contribution >= 4 is 10.2 Å². The summed E-state index contributed by atoms with van der Waals surface area (Å²) in [5.74, 6) is 0.586. The van der Waals surface area contributed by atoms with Gasteiger partial charge in [0.2, 0.25) is 0 Å². The zero-order valence-corrected chi connectivity index (χ0v) is 15.1. The minimum atomic E-state index is -3.31. The molecule has 0 radical (unpaired) electrons. The molecular weight excluding hydrogens is 302 g/mol. The minimum Gasteiger partial charge on any atom is -0.373 e. The Morgan fingerprint density at radius 3 is 2.18 bits per heavy atom. The van der Waals surface area contributed by atoms with Gasteiger partial charge in [-0.05, 0) is 46.5 Å². The van der Waals surface area contributed by atoms with E-state index in [0.717, 1.165) is 32.5 Å². The zero-order valence-electron chi connectivity index (χ0n) is 14.3. The molecule has 0 spiro atoms. The number of nitrogens with zero attached hydrogens (tertiary/aromatic N) is 2. The second-order valence-electron chi connectivity index (χ2n) is 7.10. The van der Waals surface area contributed by atoms with E-state index in [0.29, 0.717) is 31.2 Å². The van der Waals surface area contributed by atoms with E-state index in [4.69, 9.17) is 4.74 Å². The maximum Gasteiger partial charge on any atom is 0.279 e. The molecule has 0 aromatic heterocycles. The van der Waals surface area contributed by atoms with Crippen molar-refractivity contribution in [1.82, 2.24) is 13.9 Å². The predicted octanol–water partition coefficient (Wildman–Crippen LogP) is 1.05. The standard InChI is InChI=1S/C15H31N3O3S/c1-12(2)16-22(19,20)18-7-5-15(6-8-18)11-17-9-13(3)21-14(4)10-17/h12-16H,5-11H2,1-4H3. The summed E-state index contributed by atoms with van der Waals surface area (Å²) < 4.78 is 34.4.